The first-order chi connectivity index (χ1) is 5.56. The van der Waals surface area contributed by atoms with Crippen LogP contribution in [0.25, 0.3) is 0 Å². The third-order valence-electron chi connectivity index (χ3n) is 1.31. The third kappa shape index (κ3) is 5.75. The van der Waals surface area contributed by atoms with Gasteiger partial charge in [0.2, 0.25) is 0 Å². The molecule has 0 heterocycles. The predicted molar refractivity (Wildman–Crippen MR) is 47.4 cm³/mol. The second-order valence-electron chi connectivity index (χ2n) is 2.83. The quantitative estimate of drug-likeness (QED) is 0.596. The monoisotopic (exact) mass is 169 g/mol. The van der Waals surface area contributed by atoms with Crippen LogP contribution in [0.1, 0.15) is 27.2 Å². The fraction of sp³-hybridized carbons (Fsp3) is 0.667. The van der Waals surface area contributed by atoms with E-state index in [4.69, 9.17) is 5.11 Å². The summed E-state index contributed by atoms with van der Waals surface area (Å²) in [5.74, 6) is 4.58. The maximum atomic E-state index is 10.9. The lowest BCUT2D eigenvalue weighted by molar-refractivity contribution is -0.116. The van der Waals surface area contributed by atoms with Crippen LogP contribution in [0.3, 0.4) is 0 Å². The number of hydrogen-bond donors (Lipinski definition) is 2. The highest BCUT2D eigenvalue weighted by Crippen LogP contribution is 1.95. The van der Waals surface area contributed by atoms with Crippen molar-refractivity contribution in [2.45, 2.75) is 39.3 Å². The number of carbonyl (C=O) groups is 1. The van der Waals surface area contributed by atoms with Gasteiger partial charge in [-0.3, -0.25) is 4.79 Å². The molecule has 2 atom stereocenters. The number of hydrogen-bond acceptors (Lipinski definition) is 2. The lowest BCUT2D eigenvalue weighted by Gasteiger charge is -2.12. The van der Waals surface area contributed by atoms with Gasteiger partial charge in [0.05, 0.1) is 6.10 Å². The Kier molecular flexibility index (Phi) is 5.14. The third-order valence-corrected chi connectivity index (χ3v) is 1.31. The SMILES string of the molecule is CC#CC(=O)NC(C)CC(C)O. The molecule has 0 aromatic heterocycles. The van der Waals surface area contributed by atoms with E-state index < -0.39 is 6.10 Å². The van der Waals surface area contributed by atoms with Crippen molar-refractivity contribution in [1.82, 2.24) is 5.32 Å². The van der Waals surface area contributed by atoms with Crippen LogP contribution in [-0.2, 0) is 4.79 Å². The van der Waals surface area contributed by atoms with Gasteiger partial charge in [-0.25, -0.2) is 0 Å². The largest absolute Gasteiger partial charge is 0.393 e. The summed E-state index contributed by atoms with van der Waals surface area (Å²) in [6.07, 6.45) is 0.159. The molecule has 0 aliphatic carbocycles. The molecule has 0 bridgehead atoms. The van der Waals surface area contributed by atoms with E-state index >= 15 is 0 Å². The lowest BCUT2D eigenvalue weighted by Crippen LogP contribution is -2.33. The molecule has 0 rings (SSSR count). The maximum absolute atomic E-state index is 10.9. The molecule has 0 radical (unpaired) electrons. The van der Waals surface area contributed by atoms with Crippen LogP contribution in [0.2, 0.25) is 0 Å². The Morgan fingerprint density at radius 2 is 2.17 bits per heavy atom. The molecular formula is C9H15NO2. The van der Waals surface area contributed by atoms with E-state index in [9.17, 15) is 4.79 Å². The van der Waals surface area contributed by atoms with Crippen LogP contribution in [0.4, 0.5) is 0 Å². The number of nitrogens with one attached hydrogen (secondary N) is 1. The highest BCUT2D eigenvalue weighted by atomic mass is 16.3. The average molecular weight is 169 g/mol. The van der Waals surface area contributed by atoms with Gasteiger partial charge in [0.25, 0.3) is 5.91 Å². The van der Waals surface area contributed by atoms with E-state index in [-0.39, 0.29) is 11.9 Å². The molecule has 1 amide bonds. The number of carbonyl (C=O) groups excluding carboxylic acids is 1. The molecule has 68 valence electrons. The van der Waals surface area contributed by atoms with E-state index in [0.29, 0.717) is 6.42 Å². The average Bonchev–Trinajstić information content (AvgIpc) is 1.84. The van der Waals surface area contributed by atoms with Crippen molar-refractivity contribution in [3.05, 3.63) is 0 Å². The van der Waals surface area contributed by atoms with Gasteiger partial charge in [-0.05, 0) is 33.1 Å². The zero-order chi connectivity index (χ0) is 9.56. The number of aliphatic hydroxyl groups excluding tert-OH is 1. The summed E-state index contributed by atoms with van der Waals surface area (Å²) in [4.78, 5) is 10.9. The van der Waals surface area contributed by atoms with Gasteiger partial charge in [-0.2, -0.15) is 0 Å². The molecule has 0 fully saturated rings. The number of aliphatic hydroxyl groups is 1. The van der Waals surface area contributed by atoms with Crippen molar-refractivity contribution in [2.75, 3.05) is 0 Å². The molecule has 0 aromatic carbocycles. The molecular weight excluding hydrogens is 154 g/mol. The minimum atomic E-state index is -0.394. The fourth-order valence-corrected chi connectivity index (χ4v) is 0.944. The van der Waals surface area contributed by atoms with Crippen molar-refractivity contribution in [2.24, 2.45) is 0 Å². The van der Waals surface area contributed by atoms with E-state index in [1.54, 1.807) is 13.8 Å². The van der Waals surface area contributed by atoms with E-state index in [1.165, 1.54) is 0 Å². The number of rotatable bonds is 3. The molecule has 0 spiro atoms. The summed E-state index contributed by atoms with van der Waals surface area (Å²) in [5.41, 5.74) is 0. The molecule has 0 aliphatic heterocycles. The van der Waals surface area contributed by atoms with Crippen molar-refractivity contribution in [3.8, 4) is 11.8 Å². The first-order valence-corrected chi connectivity index (χ1v) is 3.97. The second kappa shape index (κ2) is 5.62. The van der Waals surface area contributed by atoms with Gasteiger partial charge in [0.1, 0.15) is 0 Å². The van der Waals surface area contributed by atoms with Crippen LogP contribution in [0.15, 0.2) is 0 Å². The fourth-order valence-electron chi connectivity index (χ4n) is 0.944. The summed E-state index contributed by atoms with van der Waals surface area (Å²) in [6, 6.07) is -0.0293. The molecule has 0 saturated heterocycles. The molecule has 3 heteroatoms. The summed E-state index contributed by atoms with van der Waals surface area (Å²) < 4.78 is 0. The Morgan fingerprint density at radius 3 is 2.58 bits per heavy atom. The van der Waals surface area contributed by atoms with Gasteiger partial charge in [0.15, 0.2) is 0 Å². The van der Waals surface area contributed by atoms with Gasteiger partial charge in [-0.1, -0.05) is 5.92 Å². The first-order valence-electron chi connectivity index (χ1n) is 3.97. The van der Waals surface area contributed by atoms with Gasteiger partial charge in [-0.15, -0.1) is 0 Å². The van der Waals surface area contributed by atoms with Gasteiger partial charge in [0, 0.05) is 6.04 Å². The summed E-state index contributed by atoms with van der Waals surface area (Å²) in [5, 5.41) is 11.6. The number of amides is 1. The molecule has 0 aromatic rings. The Labute approximate surface area is 73.2 Å². The molecule has 0 saturated carbocycles. The summed E-state index contributed by atoms with van der Waals surface area (Å²) in [7, 11) is 0. The molecule has 2 N–H and O–H groups in total. The minimum absolute atomic E-state index is 0.0293. The molecule has 2 unspecified atom stereocenters. The Morgan fingerprint density at radius 1 is 1.58 bits per heavy atom. The smallest absolute Gasteiger partial charge is 0.296 e. The zero-order valence-electron chi connectivity index (χ0n) is 7.72. The highest BCUT2D eigenvalue weighted by Gasteiger charge is 2.07. The highest BCUT2D eigenvalue weighted by molar-refractivity contribution is 5.93. The molecule has 0 aliphatic rings. The van der Waals surface area contributed by atoms with Crippen LogP contribution >= 0.6 is 0 Å². The Bertz CT molecular complexity index is 200. The summed E-state index contributed by atoms with van der Waals surface area (Å²) >= 11 is 0. The lowest BCUT2D eigenvalue weighted by atomic mass is 10.1. The topological polar surface area (TPSA) is 49.3 Å². The standard InChI is InChI=1S/C9H15NO2/c1-4-5-9(12)10-7(2)6-8(3)11/h7-8,11H,6H2,1-3H3,(H,10,12). The molecule has 3 nitrogen and oxygen atoms in total. The van der Waals surface area contributed by atoms with Crippen LogP contribution in [-0.4, -0.2) is 23.2 Å². The van der Waals surface area contributed by atoms with Crippen LogP contribution < -0.4 is 5.32 Å². The minimum Gasteiger partial charge on any atom is -0.393 e. The van der Waals surface area contributed by atoms with Crippen LogP contribution in [0.5, 0.6) is 0 Å². The normalized spacial score (nSPS) is 14.0. The van der Waals surface area contributed by atoms with Crippen molar-refractivity contribution in [3.63, 3.8) is 0 Å². The predicted octanol–water partition coefficient (Wildman–Crippen LogP) is 0.285. The van der Waals surface area contributed by atoms with Crippen molar-refractivity contribution >= 4 is 5.91 Å². The van der Waals surface area contributed by atoms with Gasteiger partial charge >= 0.3 is 0 Å². The van der Waals surface area contributed by atoms with Gasteiger partial charge < -0.3 is 10.4 Å². The molecule has 12 heavy (non-hydrogen) atoms. The van der Waals surface area contributed by atoms with E-state index in [2.05, 4.69) is 17.2 Å². The van der Waals surface area contributed by atoms with E-state index in [1.807, 2.05) is 6.92 Å². The first kappa shape index (κ1) is 11.0. The Hall–Kier alpha value is -1.01. The maximum Gasteiger partial charge on any atom is 0.296 e. The van der Waals surface area contributed by atoms with Crippen molar-refractivity contribution in [1.29, 1.82) is 0 Å². The second-order valence-corrected chi connectivity index (χ2v) is 2.83. The zero-order valence-corrected chi connectivity index (χ0v) is 7.72. The summed E-state index contributed by atoms with van der Waals surface area (Å²) in [6.45, 7) is 5.13. The Balaban J connectivity index is 3.74. The van der Waals surface area contributed by atoms with E-state index in [0.717, 1.165) is 0 Å². The van der Waals surface area contributed by atoms with Crippen molar-refractivity contribution < 1.29 is 9.90 Å². The van der Waals surface area contributed by atoms with Crippen LogP contribution in [0, 0.1) is 11.8 Å².